The molecule has 4 rings (SSSR count). The number of methoxy groups -OCH3 is 1. The fourth-order valence-electron chi connectivity index (χ4n) is 3.12. The number of ether oxygens (including phenoxy) is 1. The van der Waals surface area contributed by atoms with Gasteiger partial charge in [0.2, 0.25) is 0 Å². The van der Waals surface area contributed by atoms with Crippen LogP contribution in [0.25, 0.3) is 16.9 Å². The van der Waals surface area contributed by atoms with E-state index in [9.17, 15) is 4.79 Å². The molecule has 0 saturated heterocycles. The lowest BCUT2D eigenvalue weighted by atomic mass is 10.1. The summed E-state index contributed by atoms with van der Waals surface area (Å²) in [6.45, 7) is 2.37. The molecule has 1 amide bonds. The molecule has 0 spiro atoms. The van der Waals surface area contributed by atoms with Crippen molar-refractivity contribution in [1.82, 2.24) is 20.1 Å². The van der Waals surface area contributed by atoms with Gasteiger partial charge in [-0.05, 0) is 43.3 Å². The lowest BCUT2D eigenvalue weighted by Crippen LogP contribution is -2.23. The van der Waals surface area contributed by atoms with Crippen molar-refractivity contribution < 1.29 is 9.53 Å². The molecule has 6 heteroatoms. The minimum absolute atomic E-state index is 0.211. The number of rotatable bonds is 6. The molecular formula is C24H22N4O2. The van der Waals surface area contributed by atoms with Gasteiger partial charge in [-0.25, -0.2) is 4.68 Å². The zero-order chi connectivity index (χ0) is 20.9. The second kappa shape index (κ2) is 8.61. The molecule has 0 unspecified atom stereocenters. The predicted octanol–water partition coefficient (Wildman–Crippen LogP) is 4.18. The van der Waals surface area contributed by atoms with Gasteiger partial charge in [-0.2, -0.15) is 5.10 Å². The quantitative estimate of drug-likeness (QED) is 0.529. The normalized spacial score (nSPS) is 10.6. The van der Waals surface area contributed by atoms with E-state index in [0.29, 0.717) is 23.6 Å². The lowest BCUT2D eigenvalue weighted by molar-refractivity contribution is 0.0951. The monoisotopic (exact) mass is 398 g/mol. The Hall–Kier alpha value is -3.93. The van der Waals surface area contributed by atoms with Gasteiger partial charge >= 0.3 is 0 Å². The highest BCUT2D eigenvalue weighted by atomic mass is 16.5. The van der Waals surface area contributed by atoms with Gasteiger partial charge in [-0.15, -0.1) is 0 Å². The Labute approximate surface area is 175 Å². The van der Waals surface area contributed by atoms with E-state index in [1.807, 2.05) is 73.7 Å². The van der Waals surface area contributed by atoms with Crippen molar-refractivity contribution in [1.29, 1.82) is 0 Å². The number of pyridine rings is 1. The first-order valence-corrected chi connectivity index (χ1v) is 9.63. The first-order valence-electron chi connectivity index (χ1n) is 9.63. The van der Waals surface area contributed by atoms with Crippen molar-refractivity contribution in [3.05, 3.63) is 95.9 Å². The zero-order valence-electron chi connectivity index (χ0n) is 16.9. The number of nitrogens with one attached hydrogen (secondary N) is 1. The van der Waals surface area contributed by atoms with E-state index in [0.717, 1.165) is 22.5 Å². The molecule has 1 N–H and O–H groups in total. The van der Waals surface area contributed by atoms with E-state index in [4.69, 9.17) is 9.84 Å². The van der Waals surface area contributed by atoms with Crippen LogP contribution in [-0.4, -0.2) is 27.8 Å². The Bertz CT molecular complexity index is 1150. The summed E-state index contributed by atoms with van der Waals surface area (Å²) < 4.78 is 7.07. The van der Waals surface area contributed by atoms with E-state index in [2.05, 4.69) is 10.3 Å². The van der Waals surface area contributed by atoms with Gasteiger partial charge in [0.25, 0.3) is 5.91 Å². The van der Waals surface area contributed by atoms with Crippen molar-refractivity contribution in [2.45, 2.75) is 13.5 Å². The summed E-state index contributed by atoms with van der Waals surface area (Å²) in [4.78, 5) is 17.3. The molecule has 0 bridgehead atoms. The smallest absolute Gasteiger partial charge is 0.255 e. The standard InChI is InChI=1S/C24H22N4O2/c1-17-9-11-20(12-10-17)28-16-22(24(29)26-15-19-7-3-4-13-25-19)23(27-28)18-6-5-8-21(14-18)30-2/h3-14,16H,15H2,1-2H3,(H,26,29). The van der Waals surface area contributed by atoms with Gasteiger partial charge in [0.05, 0.1) is 30.6 Å². The van der Waals surface area contributed by atoms with Crippen LogP contribution in [0, 0.1) is 6.92 Å². The number of carbonyl (C=O) groups is 1. The van der Waals surface area contributed by atoms with Gasteiger partial charge < -0.3 is 10.1 Å². The Morgan fingerprint density at radius 1 is 1.07 bits per heavy atom. The summed E-state index contributed by atoms with van der Waals surface area (Å²) in [7, 11) is 1.62. The van der Waals surface area contributed by atoms with Crippen LogP contribution in [-0.2, 0) is 6.54 Å². The molecule has 0 atom stereocenters. The highest BCUT2D eigenvalue weighted by Crippen LogP contribution is 2.27. The van der Waals surface area contributed by atoms with Crippen molar-refractivity contribution >= 4 is 5.91 Å². The summed E-state index contributed by atoms with van der Waals surface area (Å²) in [5.74, 6) is 0.495. The largest absolute Gasteiger partial charge is 0.497 e. The average molecular weight is 398 g/mol. The minimum atomic E-state index is -0.211. The van der Waals surface area contributed by atoms with Crippen LogP contribution in [0.3, 0.4) is 0 Å². The molecule has 0 aliphatic heterocycles. The average Bonchev–Trinajstić information content (AvgIpc) is 3.24. The maximum absolute atomic E-state index is 13.0. The lowest BCUT2D eigenvalue weighted by Gasteiger charge is -2.06. The molecule has 6 nitrogen and oxygen atoms in total. The van der Waals surface area contributed by atoms with E-state index < -0.39 is 0 Å². The molecule has 0 aliphatic rings. The van der Waals surface area contributed by atoms with Crippen LogP contribution >= 0.6 is 0 Å². The number of aromatic nitrogens is 3. The molecule has 0 fully saturated rings. The molecule has 0 radical (unpaired) electrons. The number of nitrogens with zero attached hydrogens (tertiary/aromatic N) is 3. The molecule has 0 aliphatic carbocycles. The maximum atomic E-state index is 13.0. The van der Waals surface area contributed by atoms with Gasteiger partial charge in [-0.1, -0.05) is 35.9 Å². The van der Waals surface area contributed by atoms with E-state index in [-0.39, 0.29) is 5.91 Å². The Morgan fingerprint density at radius 3 is 2.63 bits per heavy atom. The van der Waals surface area contributed by atoms with Crippen LogP contribution in [0.2, 0.25) is 0 Å². The summed E-state index contributed by atoms with van der Waals surface area (Å²) in [6.07, 6.45) is 3.46. The number of aryl methyl sites for hydroxylation is 1. The van der Waals surface area contributed by atoms with Crippen LogP contribution in [0.1, 0.15) is 21.6 Å². The number of amides is 1. The third kappa shape index (κ3) is 4.22. The second-order valence-electron chi connectivity index (χ2n) is 6.91. The molecule has 2 aromatic carbocycles. The number of hydrogen-bond acceptors (Lipinski definition) is 4. The van der Waals surface area contributed by atoms with Crippen molar-refractivity contribution in [3.63, 3.8) is 0 Å². The van der Waals surface area contributed by atoms with Crippen LogP contribution in [0.4, 0.5) is 0 Å². The Kier molecular flexibility index (Phi) is 5.57. The highest BCUT2D eigenvalue weighted by molar-refractivity contribution is 6.00. The van der Waals surface area contributed by atoms with Crippen LogP contribution < -0.4 is 10.1 Å². The number of benzene rings is 2. The Morgan fingerprint density at radius 2 is 1.90 bits per heavy atom. The van der Waals surface area contributed by atoms with Crippen molar-refractivity contribution in [3.8, 4) is 22.7 Å². The number of hydrogen-bond donors (Lipinski definition) is 1. The van der Waals surface area contributed by atoms with E-state index in [1.54, 1.807) is 24.2 Å². The zero-order valence-corrected chi connectivity index (χ0v) is 16.9. The van der Waals surface area contributed by atoms with Gasteiger partial charge in [0.15, 0.2) is 0 Å². The fraction of sp³-hybridized carbons (Fsp3) is 0.125. The third-order valence-corrected chi connectivity index (χ3v) is 4.76. The SMILES string of the molecule is COc1cccc(-c2nn(-c3ccc(C)cc3)cc2C(=O)NCc2ccccn2)c1. The second-order valence-corrected chi connectivity index (χ2v) is 6.91. The fourth-order valence-corrected chi connectivity index (χ4v) is 3.12. The molecular weight excluding hydrogens is 376 g/mol. The summed E-state index contributed by atoms with van der Waals surface area (Å²) >= 11 is 0. The van der Waals surface area contributed by atoms with Crippen molar-refractivity contribution in [2.24, 2.45) is 0 Å². The molecule has 2 heterocycles. The first-order chi connectivity index (χ1) is 14.6. The summed E-state index contributed by atoms with van der Waals surface area (Å²) in [5.41, 5.74) is 4.72. The van der Waals surface area contributed by atoms with Crippen LogP contribution in [0.5, 0.6) is 5.75 Å². The molecule has 30 heavy (non-hydrogen) atoms. The first kappa shape index (κ1) is 19.4. The topological polar surface area (TPSA) is 69.0 Å². The predicted molar refractivity (Wildman–Crippen MR) is 116 cm³/mol. The van der Waals surface area contributed by atoms with Gasteiger partial charge in [-0.3, -0.25) is 9.78 Å². The number of carbonyl (C=O) groups excluding carboxylic acids is 1. The molecule has 2 aromatic heterocycles. The van der Waals surface area contributed by atoms with Crippen molar-refractivity contribution in [2.75, 3.05) is 7.11 Å². The van der Waals surface area contributed by atoms with Crippen LogP contribution in [0.15, 0.2) is 79.1 Å². The highest BCUT2D eigenvalue weighted by Gasteiger charge is 2.19. The minimum Gasteiger partial charge on any atom is -0.497 e. The van der Waals surface area contributed by atoms with Gasteiger partial charge in [0, 0.05) is 18.0 Å². The molecule has 150 valence electrons. The summed E-state index contributed by atoms with van der Waals surface area (Å²) in [5, 5.41) is 7.66. The maximum Gasteiger partial charge on any atom is 0.255 e. The Balaban J connectivity index is 1.71. The summed E-state index contributed by atoms with van der Waals surface area (Å²) in [6, 6.07) is 21.1. The van der Waals surface area contributed by atoms with Gasteiger partial charge in [0.1, 0.15) is 11.4 Å². The molecule has 0 saturated carbocycles. The third-order valence-electron chi connectivity index (χ3n) is 4.76. The van der Waals surface area contributed by atoms with E-state index >= 15 is 0 Å². The molecule has 4 aromatic rings. The van der Waals surface area contributed by atoms with E-state index in [1.165, 1.54) is 0 Å².